The molecular weight excluding hydrogens is 322 g/mol. The highest BCUT2D eigenvalue weighted by molar-refractivity contribution is 7.99. The first-order valence-corrected chi connectivity index (χ1v) is 8.18. The average Bonchev–Trinajstić information content (AvgIpc) is 2.48. The Bertz CT molecular complexity index is 664. The number of nitrogens with zero attached hydrogens (tertiary/aromatic N) is 3. The van der Waals surface area contributed by atoms with Gasteiger partial charge in [0.2, 0.25) is 5.28 Å². The smallest absolute Gasteiger partial charge is 0.196 e. The van der Waals surface area contributed by atoms with Gasteiger partial charge in [-0.2, -0.15) is 15.0 Å². The van der Waals surface area contributed by atoms with Gasteiger partial charge >= 0.3 is 0 Å². The Hall–Kier alpha value is -1.56. The summed E-state index contributed by atoms with van der Waals surface area (Å²) in [5.74, 6) is 0. The fraction of sp³-hybridized carbons (Fsp3) is 0. The van der Waals surface area contributed by atoms with E-state index in [1.807, 2.05) is 60.7 Å². The first kappa shape index (κ1) is 14.4. The van der Waals surface area contributed by atoms with Crippen LogP contribution in [-0.4, -0.2) is 15.0 Å². The molecule has 6 heteroatoms. The van der Waals surface area contributed by atoms with Crippen molar-refractivity contribution >= 4 is 35.1 Å². The second-order valence-electron chi connectivity index (χ2n) is 4.00. The third kappa shape index (κ3) is 4.20. The second-order valence-corrected chi connectivity index (χ2v) is 6.42. The molecule has 0 spiro atoms. The van der Waals surface area contributed by atoms with Crippen molar-refractivity contribution in [3.63, 3.8) is 0 Å². The number of halogens is 1. The molecule has 0 unspecified atom stereocenters. The summed E-state index contributed by atoms with van der Waals surface area (Å²) in [6.45, 7) is 0. The lowest BCUT2D eigenvalue weighted by Crippen LogP contribution is -1.94. The van der Waals surface area contributed by atoms with E-state index in [2.05, 4.69) is 15.0 Å². The summed E-state index contributed by atoms with van der Waals surface area (Å²) in [5, 5.41) is 1.40. The SMILES string of the molecule is Clc1nc(Sc2ccccc2)nc(Sc2ccccc2)n1. The number of hydrogen-bond donors (Lipinski definition) is 0. The Labute approximate surface area is 136 Å². The molecule has 1 heterocycles. The van der Waals surface area contributed by atoms with Crippen LogP contribution in [0.1, 0.15) is 0 Å². The van der Waals surface area contributed by atoms with Crippen LogP contribution < -0.4 is 0 Å². The predicted molar refractivity (Wildman–Crippen MR) is 86.0 cm³/mol. The molecular formula is C15H10ClN3S2. The van der Waals surface area contributed by atoms with Crippen molar-refractivity contribution in [1.82, 2.24) is 15.0 Å². The molecule has 0 N–H and O–H groups in total. The standard InChI is InChI=1S/C15H10ClN3S2/c16-13-17-14(20-11-7-3-1-4-8-11)19-15(18-13)21-12-9-5-2-6-10-12/h1-10H. The fourth-order valence-corrected chi connectivity index (χ4v) is 3.45. The maximum absolute atomic E-state index is 5.99. The van der Waals surface area contributed by atoms with Gasteiger partial charge in [0, 0.05) is 9.79 Å². The van der Waals surface area contributed by atoms with Crippen molar-refractivity contribution in [2.24, 2.45) is 0 Å². The van der Waals surface area contributed by atoms with Crippen LogP contribution in [0.25, 0.3) is 0 Å². The van der Waals surface area contributed by atoms with Gasteiger partial charge in [0.15, 0.2) is 10.3 Å². The van der Waals surface area contributed by atoms with E-state index < -0.39 is 0 Å². The molecule has 0 saturated carbocycles. The van der Waals surface area contributed by atoms with Crippen molar-refractivity contribution in [2.75, 3.05) is 0 Å². The average molecular weight is 332 g/mol. The van der Waals surface area contributed by atoms with Crippen LogP contribution in [0.5, 0.6) is 0 Å². The molecule has 0 saturated heterocycles. The van der Waals surface area contributed by atoms with Crippen LogP contribution in [0.15, 0.2) is 80.8 Å². The molecule has 0 fully saturated rings. The fourth-order valence-electron chi connectivity index (χ4n) is 1.59. The third-order valence-electron chi connectivity index (χ3n) is 2.47. The van der Waals surface area contributed by atoms with Gasteiger partial charge in [0.05, 0.1) is 0 Å². The minimum atomic E-state index is 0.210. The van der Waals surface area contributed by atoms with Gasteiger partial charge in [0.25, 0.3) is 0 Å². The maximum Gasteiger partial charge on any atom is 0.227 e. The van der Waals surface area contributed by atoms with Crippen LogP contribution in [0.4, 0.5) is 0 Å². The van der Waals surface area contributed by atoms with E-state index in [0.29, 0.717) is 10.3 Å². The number of benzene rings is 2. The Balaban J connectivity index is 1.83. The van der Waals surface area contributed by atoms with E-state index in [1.54, 1.807) is 0 Å². The van der Waals surface area contributed by atoms with E-state index in [4.69, 9.17) is 11.6 Å². The van der Waals surface area contributed by atoms with Crippen LogP contribution in [0.2, 0.25) is 5.28 Å². The summed E-state index contributed by atoms with van der Waals surface area (Å²) in [7, 11) is 0. The highest BCUT2D eigenvalue weighted by Gasteiger charge is 2.08. The summed E-state index contributed by atoms with van der Waals surface area (Å²) in [4.78, 5) is 14.9. The van der Waals surface area contributed by atoms with Crippen LogP contribution in [0, 0.1) is 0 Å². The van der Waals surface area contributed by atoms with E-state index in [0.717, 1.165) is 9.79 Å². The maximum atomic E-state index is 5.99. The molecule has 1 aromatic heterocycles. The van der Waals surface area contributed by atoms with E-state index >= 15 is 0 Å². The van der Waals surface area contributed by atoms with Gasteiger partial charge in [-0.1, -0.05) is 36.4 Å². The molecule has 0 amide bonds. The van der Waals surface area contributed by atoms with E-state index in [9.17, 15) is 0 Å². The summed E-state index contributed by atoms with van der Waals surface area (Å²) < 4.78 is 0. The molecule has 0 bridgehead atoms. The number of hydrogen-bond acceptors (Lipinski definition) is 5. The minimum Gasteiger partial charge on any atom is -0.196 e. The van der Waals surface area contributed by atoms with Crippen molar-refractivity contribution in [3.8, 4) is 0 Å². The molecule has 3 rings (SSSR count). The Kier molecular flexibility index (Phi) is 4.75. The van der Waals surface area contributed by atoms with E-state index in [-0.39, 0.29) is 5.28 Å². The third-order valence-corrected chi connectivity index (χ3v) is 4.39. The normalized spacial score (nSPS) is 10.5. The first-order valence-electron chi connectivity index (χ1n) is 6.17. The van der Waals surface area contributed by atoms with E-state index in [1.165, 1.54) is 23.5 Å². The largest absolute Gasteiger partial charge is 0.227 e. The highest BCUT2D eigenvalue weighted by Crippen LogP contribution is 2.29. The van der Waals surface area contributed by atoms with Crippen molar-refractivity contribution in [2.45, 2.75) is 20.1 Å². The topological polar surface area (TPSA) is 38.7 Å². The summed E-state index contributed by atoms with van der Waals surface area (Å²) in [5.41, 5.74) is 0. The monoisotopic (exact) mass is 331 g/mol. The van der Waals surface area contributed by atoms with Gasteiger partial charge in [-0.05, 0) is 59.4 Å². The quantitative estimate of drug-likeness (QED) is 0.684. The van der Waals surface area contributed by atoms with Crippen LogP contribution in [0.3, 0.4) is 0 Å². The molecule has 0 aliphatic heterocycles. The molecule has 0 aliphatic rings. The van der Waals surface area contributed by atoms with Gasteiger partial charge in [0.1, 0.15) is 0 Å². The van der Waals surface area contributed by atoms with Gasteiger partial charge < -0.3 is 0 Å². The zero-order valence-corrected chi connectivity index (χ0v) is 13.2. The van der Waals surface area contributed by atoms with Crippen LogP contribution >= 0.6 is 35.1 Å². The lowest BCUT2D eigenvalue weighted by molar-refractivity contribution is 0.801. The summed E-state index contributed by atoms with van der Waals surface area (Å²) in [6, 6.07) is 19.9. The molecule has 3 nitrogen and oxygen atoms in total. The second kappa shape index (κ2) is 6.93. The molecule has 0 radical (unpaired) electrons. The zero-order valence-electron chi connectivity index (χ0n) is 10.8. The summed E-state index contributed by atoms with van der Waals surface area (Å²) in [6.07, 6.45) is 0. The lowest BCUT2D eigenvalue weighted by Gasteiger charge is -2.03. The highest BCUT2D eigenvalue weighted by atomic mass is 35.5. The minimum absolute atomic E-state index is 0.210. The lowest BCUT2D eigenvalue weighted by atomic mass is 10.4. The van der Waals surface area contributed by atoms with Crippen molar-refractivity contribution in [1.29, 1.82) is 0 Å². The molecule has 2 aromatic carbocycles. The molecule has 21 heavy (non-hydrogen) atoms. The Morgan fingerprint density at radius 3 is 1.48 bits per heavy atom. The first-order chi connectivity index (χ1) is 10.3. The predicted octanol–water partition coefficient (Wildman–Crippen LogP) is 4.83. The van der Waals surface area contributed by atoms with Crippen molar-refractivity contribution < 1.29 is 0 Å². The Morgan fingerprint density at radius 2 is 1.05 bits per heavy atom. The van der Waals surface area contributed by atoms with Gasteiger partial charge in [-0.15, -0.1) is 0 Å². The molecule has 3 aromatic rings. The molecule has 0 atom stereocenters. The van der Waals surface area contributed by atoms with Crippen molar-refractivity contribution in [3.05, 3.63) is 65.9 Å². The Morgan fingerprint density at radius 1 is 0.619 bits per heavy atom. The van der Waals surface area contributed by atoms with Crippen LogP contribution in [-0.2, 0) is 0 Å². The molecule has 104 valence electrons. The van der Waals surface area contributed by atoms with Gasteiger partial charge in [-0.3, -0.25) is 0 Å². The number of rotatable bonds is 4. The molecule has 0 aliphatic carbocycles. The zero-order chi connectivity index (χ0) is 14.5. The van der Waals surface area contributed by atoms with Gasteiger partial charge in [-0.25, -0.2) is 0 Å². The summed E-state index contributed by atoms with van der Waals surface area (Å²) >= 11 is 8.93. The number of aromatic nitrogens is 3.